The molecule has 0 saturated heterocycles. The average Bonchev–Trinajstić information content (AvgIpc) is 3.58. The first kappa shape index (κ1) is 42.6. The highest BCUT2D eigenvalue weighted by Gasteiger charge is 2.52. The third-order valence-electron chi connectivity index (χ3n) is 10.2. The maximum atomic E-state index is 11.9. The van der Waals surface area contributed by atoms with E-state index in [1.807, 2.05) is 47.7 Å². The lowest BCUT2D eigenvalue weighted by atomic mass is 9.57. The fourth-order valence-corrected chi connectivity index (χ4v) is 8.96. The Balaban J connectivity index is 0.000000265. The van der Waals surface area contributed by atoms with Gasteiger partial charge >= 0.3 is 12.2 Å². The Labute approximate surface area is 306 Å². The van der Waals surface area contributed by atoms with Crippen molar-refractivity contribution in [1.29, 1.82) is 0 Å². The molecule has 7 rings (SSSR count). The van der Waals surface area contributed by atoms with Crippen LogP contribution in [0.3, 0.4) is 0 Å². The minimum Gasteiger partial charge on any atom is -0.447 e. The van der Waals surface area contributed by atoms with Gasteiger partial charge < -0.3 is 35.3 Å². The number of ether oxygens (including phenoxy) is 4. The van der Waals surface area contributed by atoms with Crippen LogP contribution in [0.4, 0.5) is 9.59 Å². The number of hydrogen-bond acceptors (Lipinski definition) is 9. The predicted molar refractivity (Wildman–Crippen MR) is 201 cm³/mol. The Morgan fingerprint density at radius 3 is 1.58 bits per heavy atom. The zero-order chi connectivity index (χ0) is 34.7. The second-order valence-electron chi connectivity index (χ2n) is 14.0. The Bertz CT molecular complexity index is 1100. The molecule has 48 heavy (non-hydrogen) atoms. The van der Waals surface area contributed by atoms with Crippen molar-refractivity contribution in [2.24, 2.45) is 11.1 Å². The zero-order valence-electron chi connectivity index (χ0n) is 29.2. The van der Waals surface area contributed by atoms with E-state index in [1.54, 1.807) is 11.3 Å². The van der Waals surface area contributed by atoms with E-state index in [0.29, 0.717) is 18.2 Å². The molecule has 0 unspecified atom stereocenters. The van der Waals surface area contributed by atoms with Gasteiger partial charge in [-0.1, -0.05) is 35.6 Å². The molecule has 4 bridgehead atoms. The molecule has 0 aliphatic heterocycles. The highest BCUT2D eigenvalue weighted by Crippen LogP contribution is 2.54. The van der Waals surface area contributed by atoms with E-state index in [0.717, 1.165) is 82.4 Å². The topological polar surface area (TPSA) is 134 Å². The Kier molecular flexibility index (Phi) is 17.0. The van der Waals surface area contributed by atoms with Crippen LogP contribution in [0.25, 0.3) is 0 Å². The monoisotopic (exact) mass is 776 g/mol. The van der Waals surface area contributed by atoms with E-state index in [2.05, 4.69) is 36.9 Å². The van der Waals surface area contributed by atoms with Crippen molar-refractivity contribution in [2.75, 3.05) is 18.5 Å². The minimum absolute atomic E-state index is 0. The molecule has 1 aromatic rings. The number of alkyl halides is 1. The summed E-state index contributed by atoms with van der Waals surface area (Å²) in [5.74, 6) is 0. The number of nitrogens with zero attached hydrogens (tertiary/aromatic N) is 1. The summed E-state index contributed by atoms with van der Waals surface area (Å²) in [5, 5.41) is 10.3. The van der Waals surface area contributed by atoms with Crippen molar-refractivity contribution in [3.05, 3.63) is 16.6 Å². The number of halogens is 1. The number of carbonyl (C=O) groups is 2. The molecule has 0 spiro atoms. The third-order valence-corrected chi connectivity index (χ3v) is 12.1. The van der Waals surface area contributed by atoms with E-state index in [9.17, 15) is 9.59 Å². The molecule has 6 saturated carbocycles. The Hall–Kier alpha value is -1.54. The molecule has 1 aromatic heterocycles. The molecule has 4 N–H and O–H groups in total. The number of fused-ring (bicyclic) bond motifs is 6. The van der Waals surface area contributed by atoms with Crippen LogP contribution in [-0.2, 0) is 24.4 Å². The van der Waals surface area contributed by atoms with Crippen molar-refractivity contribution in [1.82, 2.24) is 15.6 Å². The SMILES string of the molecule is C.CC(C)OC(=O)NC12CCC(C(N)=S)(CC1)CC2.CC(C)OC(=O)NC12CCC(c3nccs3)(CC1)CC2.CCOC(CBr)OCC. The number of hydrogen-bond donors (Lipinski definition) is 3. The van der Waals surface area contributed by atoms with E-state index >= 15 is 0 Å². The zero-order valence-corrected chi connectivity index (χ0v) is 32.4. The molecule has 0 radical (unpaired) electrons. The van der Waals surface area contributed by atoms with Crippen molar-refractivity contribution in [3.8, 4) is 0 Å². The highest BCUT2D eigenvalue weighted by atomic mass is 79.9. The van der Waals surface area contributed by atoms with Crippen LogP contribution in [0.1, 0.15) is 131 Å². The first-order valence-electron chi connectivity index (χ1n) is 17.2. The van der Waals surface area contributed by atoms with Gasteiger partial charge in [0.25, 0.3) is 0 Å². The summed E-state index contributed by atoms with van der Waals surface area (Å²) < 4.78 is 20.7. The summed E-state index contributed by atoms with van der Waals surface area (Å²) in [6.45, 7) is 12.8. The predicted octanol–water partition coefficient (Wildman–Crippen LogP) is 8.54. The Morgan fingerprint density at radius 1 is 0.854 bits per heavy atom. The van der Waals surface area contributed by atoms with Crippen molar-refractivity contribution >= 4 is 56.7 Å². The number of carbonyl (C=O) groups excluding carboxylic acids is 2. The summed E-state index contributed by atoms with van der Waals surface area (Å²) >= 11 is 10.2. The van der Waals surface area contributed by atoms with E-state index in [4.69, 9.17) is 36.9 Å². The first-order chi connectivity index (χ1) is 22.3. The quantitative estimate of drug-likeness (QED) is 0.115. The third kappa shape index (κ3) is 11.5. The molecule has 13 heteroatoms. The number of rotatable bonds is 11. The molecular weight excluding hydrogens is 716 g/mol. The van der Waals surface area contributed by atoms with Crippen molar-refractivity contribution < 1.29 is 28.5 Å². The van der Waals surface area contributed by atoms with Crippen LogP contribution in [0.15, 0.2) is 11.6 Å². The molecule has 6 aliphatic rings. The Morgan fingerprint density at radius 2 is 1.27 bits per heavy atom. The summed E-state index contributed by atoms with van der Waals surface area (Å²) in [6.07, 6.45) is 13.5. The first-order valence-corrected chi connectivity index (χ1v) is 19.6. The lowest BCUT2D eigenvalue weighted by molar-refractivity contribution is -0.119. The van der Waals surface area contributed by atoms with Gasteiger partial charge in [0.05, 0.1) is 27.5 Å². The van der Waals surface area contributed by atoms with E-state index in [1.165, 1.54) is 5.01 Å². The standard InChI is InChI=1S/C15H22N2O2S.C13H22N2O2S.C6H13BrO2.CH4/c1-11(2)19-13(18)17-15-6-3-14(4-7-15,5-8-15)12-16-9-10-20-12;1-9(2)17-11(16)15-13-6-3-12(4-7-13,5-8-13)10(14)18;1-3-8-6(5-7)9-4-2;/h9-11H,3-8H2,1-2H3,(H,17,18);9H,3-8H2,1-2H3,(H2,14,18)(H,15,16);6H,3-5H2,1-2H3;1H4. The van der Waals surface area contributed by atoms with Gasteiger partial charge in [0.15, 0.2) is 6.29 Å². The number of thiazole rings is 1. The molecule has 6 aliphatic carbocycles. The van der Waals surface area contributed by atoms with Gasteiger partial charge in [0, 0.05) is 46.7 Å². The second-order valence-corrected chi connectivity index (χ2v) is 16.0. The minimum atomic E-state index is -0.297. The molecule has 10 nitrogen and oxygen atoms in total. The molecule has 0 atom stereocenters. The molecule has 0 aromatic carbocycles. The maximum absolute atomic E-state index is 11.9. The highest BCUT2D eigenvalue weighted by molar-refractivity contribution is 9.09. The normalized spacial score (nSPS) is 28.4. The van der Waals surface area contributed by atoms with E-state index < -0.39 is 0 Å². The number of alkyl carbamates (subject to hydrolysis) is 2. The van der Waals surface area contributed by atoms with Gasteiger partial charge in [-0.05, 0) is 119 Å². The number of thiocarbonyl (C=S) groups is 1. The maximum Gasteiger partial charge on any atom is 0.407 e. The summed E-state index contributed by atoms with van der Waals surface area (Å²) in [4.78, 5) is 28.8. The van der Waals surface area contributed by atoms with Crippen LogP contribution >= 0.6 is 39.5 Å². The van der Waals surface area contributed by atoms with Crippen molar-refractivity contribution in [3.63, 3.8) is 0 Å². The summed E-state index contributed by atoms with van der Waals surface area (Å²) in [5.41, 5.74) is 6.08. The van der Waals surface area contributed by atoms with Crippen LogP contribution in [-0.4, -0.2) is 70.3 Å². The van der Waals surface area contributed by atoms with Gasteiger partial charge in [0.2, 0.25) is 0 Å². The fourth-order valence-electron chi connectivity index (χ4n) is 7.35. The van der Waals surface area contributed by atoms with Gasteiger partial charge in [0.1, 0.15) is 0 Å². The number of amides is 2. The van der Waals surface area contributed by atoms with Gasteiger partial charge in [-0.2, -0.15) is 0 Å². The summed E-state index contributed by atoms with van der Waals surface area (Å²) in [7, 11) is 0. The van der Waals surface area contributed by atoms with Crippen LogP contribution in [0.2, 0.25) is 0 Å². The lowest BCUT2D eigenvalue weighted by Crippen LogP contribution is -2.59. The largest absolute Gasteiger partial charge is 0.447 e. The van der Waals surface area contributed by atoms with Crippen molar-refractivity contribution in [2.45, 2.75) is 161 Å². The second kappa shape index (κ2) is 19.2. The van der Waals surface area contributed by atoms with E-state index in [-0.39, 0.29) is 60.0 Å². The molecule has 276 valence electrons. The van der Waals surface area contributed by atoms with Gasteiger partial charge in [-0.25, -0.2) is 14.6 Å². The van der Waals surface area contributed by atoms with Gasteiger partial charge in [-0.15, -0.1) is 11.3 Å². The molecule has 2 amide bonds. The van der Waals surface area contributed by atoms with Crippen LogP contribution in [0.5, 0.6) is 0 Å². The number of nitrogens with one attached hydrogen (secondary N) is 2. The number of nitrogens with two attached hydrogens (primary N) is 1. The fraction of sp³-hybridized carbons (Fsp3) is 0.829. The summed E-state index contributed by atoms with van der Waals surface area (Å²) in [6, 6.07) is 0. The van der Waals surface area contributed by atoms with Gasteiger partial charge in [-0.3, -0.25) is 0 Å². The molecule has 1 heterocycles. The molecule has 6 fully saturated rings. The van der Waals surface area contributed by atoms with Crippen LogP contribution in [0, 0.1) is 5.41 Å². The average molecular weight is 778 g/mol. The lowest BCUT2D eigenvalue weighted by Gasteiger charge is -2.52. The molecular formula is C35H61BrN4O6S2. The van der Waals surface area contributed by atoms with Crippen LogP contribution < -0.4 is 16.4 Å². The number of aromatic nitrogens is 1. The smallest absolute Gasteiger partial charge is 0.407 e.